The highest BCUT2D eigenvalue weighted by atomic mass is 15.2. The third kappa shape index (κ3) is 5.37. The Morgan fingerprint density at radius 1 is 0.879 bits per heavy atom. The molecule has 0 bridgehead atoms. The zero-order chi connectivity index (χ0) is 22.6. The van der Waals surface area contributed by atoms with Crippen molar-refractivity contribution in [3.63, 3.8) is 0 Å². The van der Waals surface area contributed by atoms with Gasteiger partial charge in [0.25, 0.3) is 0 Å². The van der Waals surface area contributed by atoms with E-state index in [-0.39, 0.29) is 0 Å². The summed E-state index contributed by atoms with van der Waals surface area (Å²) in [6.07, 6.45) is 10.6. The maximum Gasteiger partial charge on any atom is 0.136 e. The van der Waals surface area contributed by atoms with Crippen molar-refractivity contribution in [1.82, 2.24) is 29.2 Å². The highest BCUT2D eigenvalue weighted by molar-refractivity contribution is 5.45. The molecule has 0 unspecified atom stereocenters. The summed E-state index contributed by atoms with van der Waals surface area (Å²) in [5.74, 6) is 1.88. The molecule has 1 aliphatic heterocycles. The maximum atomic E-state index is 4.95. The second kappa shape index (κ2) is 9.67. The molecule has 33 heavy (non-hydrogen) atoms. The van der Waals surface area contributed by atoms with E-state index < -0.39 is 0 Å². The Labute approximate surface area is 195 Å². The van der Waals surface area contributed by atoms with Crippen LogP contribution in [-0.4, -0.2) is 63.0 Å². The van der Waals surface area contributed by atoms with Crippen molar-refractivity contribution in [2.45, 2.75) is 32.1 Å². The second-order valence-corrected chi connectivity index (χ2v) is 9.08. The van der Waals surface area contributed by atoms with Gasteiger partial charge in [-0.1, -0.05) is 6.07 Å². The lowest BCUT2D eigenvalue weighted by atomic mass is 10.1. The van der Waals surface area contributed by atoms with Crippen LogP contribution in [-0.2, 0) is 19.3 Å². The Balaban J connectivity index is 1.41. The van der Waals surface area contributed by atoms with Crippen molar-refractivity contribution in [2.24, 2.45) is 0 Å². The van der Waals surface area contributed by atoms with Gasteiger partial charge < -0.3 is 14.2 Å². The van der Waals surface area contributed by atoms with E-state index in [1.54, 1.807) is 0 Å². The third-order valence-electron chi connectivity index (χ3n) is 6.11. The summed E-state index contributed by atoms with van der Waals surface area (Å²) in [5.41, 5.74) is 5.34. The Bertz CT molecular complexity index is 1220. The van der Waals surface area contributed by atoms with Gasteiger partial charge in [0.2, 0.25) is 0 Å². The number of hydrogen-bond acceptors (Lipinski definition) is 6. The molecule has 0 spiro atoms. The molecule has 1 saturated heterocycles. The summed E-state index contributed by atoms with van der Waals surface area (Å²) in [7, 11) is 4.18. The minimum absolute atomic E-state index is 0.643. The highest BCUT2D eigenvalue weighted by Crippen LogP contribution is 2.21. The Morgan fingerprint density at radius 2 is 1.73 bits per heavy atom. The zero-order valence-electron chi connectivity index (χ0n) is 19.5. The Hall–Kier alpha value is -3.32. The SMILES string of the molecule is CN(C)CCc1cccc(Cc2nc(Cc3ccn4ccnc4c3)cc(N3CCCC3)n2)n1. The van der Waals surface area contributed by atoms with E-state index in [4.69, 9.17) is 15.0 Å². The molecule has 0 radical (unpaired) electrons. The van der Waals surface area contributed by atoms with Gasteiger partial charge in [0.05, 0.1) is 12.1 Å². The number of imidazole rings is 1. The number of anilines is 1. The number of pyridine rings is 2. The average molecular weight is 442 g/mol. The summed E-state index contributed by atoms with van der Waals surface area (Å²) in [5, 5.41) is 0. The van der Waals surface area contributed by atoms with E-state index in [0.29, 0.717) is 6.42 Å². The first kappa shape index (κ1) is 21.5. The fourth-order valence-electron chi connectivity index (χ4n) is 4.35. The maximum absolute atomic E-state index is 4.95. The Morgan fingerprint density at radius 3 is 2.58 bits per heavy atom. The lowest BCUT2D eigenvalue weighted by molar-refractivity contribution is 0.411. The van der Waals surface area contributed by atoms with E-state index in [1.807, 2.05) is 16.8 Å². The molecule has 1 fully saturated rings. The van der Waals surface area contributed by atoms with Crippen molar-refractivity contribution in [2.75, 3.05) is 38.6 Å². The van der Waals surface area contributed by atoms with Crippen molar-refractivity contribution < 1.29 is 0 Å². The summed E-state index contributed by atoms with van der Waals surface area (Å²) in [4.78, 5) is 23.8. The normalized spacial score (nSPS) is 14.0. The molecule has 5 heterocycles. The van der Waals surface area contributed by atoms with Gasteiger partial charge in [-0.15, -0.1) is 0 Å². The van der Waals surface area contributed by atoms with Crippen LogP contribution in [0.15, 0.2) is 55.0 Å². The molecule has 0 N–H and O–H groups in total. The predicted molar refractivity (Wildman–Crippen MR) is 131 cm³/mol. The molecule has 1 aliphatic rings. The molecule has 0 aromatic carbocycles. The van der Waals surface area contributed by atoms with Gasteiger partial charge in [0.15, 0.2) is 0 Å². The fraction of sp³-hybridized carbons (Fsp3) is 0.385. The molecular formula is C26H31N7. The van der Waals surface area contributed by atoms with E-state index in [1.165, 1.54) is 18.4 Å². The van der Waals surface area contributed by atoms with Gasteiger partial charge in [-0.3, -0.25) is 4.98 Å². The van der Waals surface area contributed by atoms with Crippen LogP contribution < -0.4 is 4.90 Å². The van der Waals surface area contributed by atoms with Gasteiger partial charge in [-0.2, -0.15) is 0 Å². The molecule has 0 amide bonds. The smallest absolute Gasteiger partial charge is 0.136 e. The van der Waals surface area contributed by atoms with Gasteiger partial charge in [0, 0.05) is 68.5 Å². The summed E-state index contributed by atoms with van der Waals surface area (Å²) >= 11 is 0. The van der Waals surface area contributed by atoms with E-state index in [0.717, 1.165) is 66.8 Å². The van der Waals surface area contributed by atoms with Gasteiger partial charge >= 0.3 is 0 Å². The molecule has 4 aromatic rings. The first-order valence-corrected chi connectivity index (χ1v) is 11.8. The van der Waals surface area contributed by atoms with E-state index >= 15 is 0 Å². The van der Waals surface area contributed by atoms with Gasteiger partial charge in [0.1, 0.15) is 17.3 Å². The second-order valence-electron chi connectivity index (χ2n) is 9.08. The van der Waals surface area contributed by atoms with Crippen molar-refractivity contribution in [3.05, 3.63) is 83.5 Å². The standard InChI is InChI=1S/C26H31N7/c1-31(2)13-9-21-6-5-7-22(28-21)18-24-29-23(19-26(30-24)32-11-3-4-12-32)16-20-8-14-33-15-10-27-25(33)17-20/h5-8,10,14-15,17,19H,3-4,9,11-13,16,18H2,1-2H3. The largest absolute Gasteiger partial charge is 0.357 e. The van der Waals surface area contributed by atoms with Crippen LogP contribution in [0.5, 0.6) is 0 Å². The summed E-state index contributed by atoms with van der Waals surface area (Å²) in [6.45, 7) is 3.12. The van der Waals surface area contributed by atoms with E-state index in [2.05, 4.69) is 71.5 Å². The van der Waals surface area contributed by atoms with Crippen LogP contribution in [0.3, 0.4) is 0 Å². The minimum Gasteiger partial charge on any atom is -0.357 e. The van der Waals surface area contributed by atoms with Crippen LogP contribution in [0.1, 0.15) is 41.3 Å². The number of rotatable bonds is 8. The summed E-state index contributed by atoms with van der Waals surface area (Å²) < 4.78 is 2.03. The minimum atomic E-state index is 0.643. The molecule has 5 rings (SSSR count). The number of likely N-dealkylation sites (N-methyl/N-ethyl adjacent to an activating group) is 1. The molecule has 7 nitrogen and oxygen atoms in total. The highest BCUT2D eigenvalue weighted by Gasteiger charge is 2.17. The van der Waals surface area contributed by atoms with Crippen molar-refractivity contribution in [1.29, 1.82) is 0 Å². The lowest BCUT2D eigenvalue weighted by Gasteiger charge is -2.18. The van der Waals surface area contributed by atoms with Crippen molar-refractivity contribution in [3.8, 4) is 0 Å². The molecule has 7 heteroatoms. The van der Waals surface area contributed by atoms with Crippen LogP contribution >= 0.6 is 0 Å². The third-order valence-corrected chi connectivity index (χ3v) is 6.11. The van der Waals surface area contributed by atoms with Crippen LogP contribution in [0.4, 0.5) is 5.82 Å². The topological polar surface area (TPSA) is 62.5 Å². The van der Waals surface area contributed by atoms with Gasteiger partial charge in [-0.25, -0.2) is 15.0 Å². The monoisotopic (exact) mass is 441 g/mol. The first-order chi connectivity index (χ1) is 16.1. The molecule has 170 valence electrons. The van der Waals surface area contributed by atoms with Crippen LogP contribution in [0.2, 0.25) is 0 Å². The zero-order valence-corrected chi connectivity index (χ0v) is 19.5. The van der Waals surface area contributed by atoms with Crippen LogP contribution in [0, 0.1) is 0 Å². The van der Waals surface area contributed by atoms with Gasteiger partial charge in [-0.05, 0) is 56.8 Å². The first-order valence-electron chi connectivity index (χ1n) is 11.8. The molecule has 4 aromatic heterocycles. The summed E-state index contributed by atoms with van der Waals surface area (Å²) in [6, 6.07) is 12.7. The average Bonchev–Trinajstić information content (AvgIpc) is 3.50. The molecule has 0 saturated carbocycles. The van der Waals surface area contributed by atoms with Crippen molar-refractivity contribution >= 4 is 11.5 Å². The number of nitrogens with zero attached hydrogens (tertiary/aromatic N) is 7. The van der Waals surface area contributed by atoms with E-state index in [9.17, 15) is 0 Å². The lowest BCUT2D eigenvalue weighted by Crippen LogP contribution is -2.20. The van der Waals surface area contributed by atoms with Crippen LogP contribution in [0.25, 0.3) is 5.65 Å². The predicted octanol–water partition coefficient (Wildman–Crippen LogP) is 3.41. The number of hydrogen-bond donors (Lipinski definition) is 0. The molecule has 0 aliphatic carbocycles. The Kier molecular flexibility index (Phi) is 6.30. The number of aromatic nitrogens is 5. The molecule has 0 atom stereocenters. The quantitative estimate of drug-likeness (QED) is 0.418. The number of fused-ring (bicyclic) bond motifs is 1. The molecular weight excluding hydrogens is 410 g/mol. The fourth-order valence-corrected chi connectivity index (χ4v) is 4.35.